The molecule has 2 heterocycles. The predicted octanol–water partition coefficient (Wildman–Crippen LogP) is 2.26. The minimum absolute atomic E-state index is 0.219. The molecule has 6 nitrogen and oxygen atoms in total. The zero-order chi connectivity index (χ0) is 14.5. The van der Waals surface area contributed by atoms with Crippen LogP contribution in [0, 0.1) is 18.3 Å². The molecule has 0 radical (unpaired) electrons. The van der Waals surface area contributed by atoms with Crippen LogP contribution in [0.2, 0.25) is 0 Å². The lowest BCUT2D eigenvalue weighted by Crippen LogP contribution is -2.03. The van der Waals surface area contributed by atoms with E-state index in [1.165, 1.54) is 0 Å². The smallest absolute Gasteiger partial charge is 0.307 e. The molecular weight excluding hydrogens is 258 g/mol. The Balaban J connectivity index is 1.93. The summed E-state index contributed by atoms with van der Waals surface area (Å²) in [6.45, 7) is 5.72. The Morgan fingerprint density at radius 3 is 2.80 bits per heavy atom. The molecule has 0 saturated heterocycles. The van der Waals surface area contributed by atoms with Crippen LogP contribution in [0.4, 0.5) is 0 Å². The van der Waals surface area contributed by atoms with Gasteiger partial charge in [0.2, 0.25) is 11.7 Å². The van der Waals surface area contributed by atoms with Gasteiger partial charge in [-0.3, -0.25) is 9.78 Å². The summed E-state index contributed by atoms with van der Waals surface area (Å²) in [5.41, 5.74) is 1.45. The fraction of sp³-hybridized carbons (Fsp3) is 0.429. The van der Waals surface area contributed by atoms with Crippen LogP contribution in [0.3, 0.4) is 0 Å². The van der Waals surface area contributed by atoms with Gasteiger partial charge in [0.1, 0.15) is 0 Å². The highest BCUT2D eigenvalue weighted by atomic mass is 16.5. The summed E-state index contributed by atoms with van der Waals surface area (Å²) < 4.78 is 5.27. The molecular formula is C14H15N3O3. The minimum Gasteiger partial charge on any atom is -0.481 e. The lowest BCUT2D eigenvalue weighted by atomic mass is 10.1. The van der Waals surface area contributed by atoms with Gasteiger partial charge in [0.05, 0.1) is 11.8 Å². The fourth-order valence-electron chi connectivity index (χ4n) is 2.75. The van der Waals surface area contributed by atoms with Crippen LogP contribution < -0.4 is 0 Å². The molecule has 3 rings (SSSR count). The van der Waals surface area contributed by atoms with Gasteiger partial charge in [-0.05, 0) is 24.0 Å². The highest BCUT2D eigenvalue weighted by Crippen LogP contribution is 2.64. The van der Waals surface area contributed by atoms with Crippen molar-refractivity contribution in [2.75, 3.05) is 0 Å². The lowest BCUT2D eigenvalue weighted by molar-refractivity contribution is -0.139. The molecule has 20 heavy (non-hydrogen) atoms. The molecule has 104 valence electrons. The Bertz CT molecular complexity index is 678. The molecule has 1 saturated carbocycles. The summed E-state index contributed by atoms with van der Waals surface area (Å²) in [6.07, 6.45) is 3.39. The quantitative estimate of drug-likeness (QED) is 0.922. The van der Waals surface area contributed by atoms with Crippen molar-refractivity contribution in [3.05, 3.63) is 29.9 Å². The van der Waals surface area contributed by atoms with Gasteiger partial charge >= 0.3 is 5.97 Å². The fourth-order valence-corrected chi connectivity index (χ4v) is 2.75. The third kappa shape index (κ3) is 1.79. The van der Waals surface area contributed by atoms with Crippen LogP contribution in [-0.4, -0.2) is 26.2 Å². The van der Waals surface area contributed by atoms with Gasteiger partial charge in [0, 0.05) is 18.0 Å². The van der Waals surface area contributed by atoms with Crippen molar-refractivity contribution in [1.29, 1.82) is 0 Å². The molecule has 0 amide bonds. The maximum absolute atomic E-state index is 11.2. The number of rotatable bonds is 3. The molecule has 2 aromatic heterocycles. The number of hydrogen-bond acceptors (Lipinski definition) is 5. The summed E-state index contributed by atoms with van der Waals surface area (Å²) >= 11 is 0. The van der Waals surface area contributed by atoms with Crippen LogP contribution in [-0.2, 0) is 4.79 Å². The first kappa shape index (κ1) is 12.8. The maximum Gasteiger partial charge on any atom is 0.307 e. The Morgan fingerprint density at radius 2 is 2.20 bits per heavy atom. The molecule has 2 aromatic rings. The van der Waals surface area contributed by atoms with Gasteiger partial charge in [-0.15, -0.1) is 0 Å². The number of nitrogens with zero attached hydrogens (tertiary/aromatic N) is 3. The van der Waals surface area contributed by atoms with Crippen LogP contribution in [0.1, 0.15) is 31.2 Å². The SMILES string of the molecule is Cc1cnccc1-c1noc(C2C(C(=O)O)C2(C)C)n1. The molecule has 0 aromatic carbocycles. The number of hydrogen-bond donors (Lipinski definition) is 1. The van der Waals surface area contributed by atoms with Crippen LogP contribution in [0.25, 0.3) is 11.4 Å². The van der Waals surface area contributed by atoms with Gasteiger partial charge in [-0.2, -0.15) is 4.98 Å². The van der Waals surface area contributed by atoms with E-state index in [-0.39, 0.29) is 11.3 Å². The summed E-state index contributed by atoms with van der Waals surface area (Å²) in [5.74, 6) is -0.627. The minimum atomic E-state index is -0.820. The molecule has 0 aliphatic heterocycles. The molecule has 2 unspecified atom stereocenters. The highest BCUT2D eigenvalue weighted by molar-refractivity contribution is 5.77. The van der Waals surface area contributed by atoms with Crippen LogP contribution >= 0.6 is 0 Å². The van der Waals surface area contributed by atoms with Crippen molar-refractivity contribution in [2.45, 2.75) is 26.7 Å². The van der Waals surface area contributed by atoms with E-state index in [2.05, 4.69) is 15.1 Å². The van der Waals surface area contributed by atoms with Gasteiger partial charge in [0.25, 0.3) is 0 Å². The average Bonchev–Trinajstić information content (AvgIpc) is 2.74. The second-order valence-electron chi connectivity index (χ2n) is 5.76. The third-order valence-corrected chi connectivity index (χ3v) is 4.06. The van der Waals surface area contributed by atoms with E-state index in [1.54, 1.807) is 12.4 Å². The third-order valence-electron chi connectivity index (χ3n) is 4.06. The van der Waals surface area contributed by atoms with E-state index in [4.69, 9.17) is 4.52 Å². The second-order valence-corrected chi connectivity index (χ2v) is 5.76. The Morgan fingerprint density at radius 1 is 1.45 bits per heavy atom. The van der Waals surface area contributed by atoms with E-state index in [0.29, 0.717) is 11.7 Å². The molecule has 1 fully saturated rings. The van der Waals surface area contributed by atoms with Crippen molar-refractivity contribution in [1.82, 2.24) is 15.1 Å². The van der Waals surface area contributed by atoms with E-state index in [9.17, 15) is 9.90 Å². The zero-order valence-corrected chi connectivity index (χ0v) is 11.5. The van der Waals surface area contributed by atoms with Gasteiger partial charge in [-0.1, -0.05) is 19.0 Å². The summed E-state index contributed by atoms with van der Waals surface area (Å²) in [6, 6.07) is 1.82. The van der Waals surface area contributed by atoms with Crippen molar-refractivity contribution in [3.63, 3.8) is 0 Å². The molecule has 0 spiro atoms. The summed E-state index contributed by atoms with van der Waals surface area (Å²) in [4.78, 5) is 19.6. The number of carbonyl (C=O) groups is 1. The number of aromatic nitrogens is 3. The van der Waals surface area contributed by atoms with Crippen molar-refractivity contribution in [2.24, 2.45) is 11.3 Å². The van der Waals surface area contributed by atoms with Crippen molar-refractivity contribution in [3.8, 4) is 11.4 Å². The highest BCUT2D eigenvalue weighted by Gasteiger charge is 2.65. The van der Waals surface area contributed by atoms with Gasteiger partial charge in [0.15, 0.2) is 0 Å². The molecule has 0 bridgehead atoms. The number of carboxylic acid groups (broad SMARTS) is 1. The second kappa shape index (κ2) is 4.13. The van der Waals surface area contributed by atoms with Crippen molar-refractivity contribution >= 4 is 5.97 Å². The molecule has 1 aliphatic rings. The summed E-state index contributed by atoms with van der Waals surface area (Å²) in [5, 5.41) is 13.2. The number of aliphatic carboxylic acids is 1. The van der Waals surface area contributed by atoms with Crippen molar-refractivity contribution < 1.29 is 14.4 Å². The first-order chi connectivity index (χ1) is 9.43. The molecule has 6 heteroatoms. The van der Waals surface area contributed by atoms with Gasteiger partial charge < -0.3 is 9.63 Å². The predicted molar refractivity (Wildman–Crippen MR) is 69.9 cm³/mol. The Labute approximate surface area is 115 Å². The number of pyridine rings is 1. The molecule has 1 aliphatic carbocycles. The van der Waals surface area contributed by atoms with Crippen LogP contribution in [0.15, 0.2) is 23.0 Å². The van der Waals surface area contributed by atoms with E-state index >= 15 is 0 Å². The van der Waals surface area contributed by atoms with E-state index < -0.39 is 11.9 Å². The maximum atomic E-state index is 11.2. The van der Waals surface area contributed by atoms with E-state index in [1.807, 2.05) is 26.8 Å². The first-order valence-corrected chi connectivity index (χ1v) is 6.40. The summed E-state index contributed by atoms with van der Waals surface area (Å²) in [7, 11) is 0. The Hall–Kier alpha value is -2.24. The average molecular weight is 273 g/mol. The number of carboxylic acids is 1. The standard InChI is InChI=1S/C14H15N3O3/c1-7-6-15-5-4-8(7)11-16-12(20-17-11)9-10(13(18)19)14(9,2)3/h4-6,9-10H,1-3H3,(H,18,19). The Kier molecular flexibility index (Phi) is 2.64. The molecule has 2 atom stereocenters. The number of aryl methyl sites for hydroxylation is 1. The monoisotopic (exact) mass is 273 g/mol. The first-order valence-electron chi connectivity index (χ1n) is 6.40. The lowest BCUT2D eigenvalue weighted by Gasteiger charge is -1.97. The molecule has 1 N–H and O–H groups in total. The largest absolute Gasteiger partial charge is 0.481 e. The topological polar surface area (TPSA) is 89.1 Å². The van der Waals surface area contributed by atoms with Crippen LogP contribution in [0.5, 0.6) is 0 Å². The van der Waals surface area contributed by atoms with Gasteiger partial charge in [-0.25, -0.2) is 0 Å². The normalized spacial score (nSPS) is 23.6. The zero-order valence-electron chi connectivity index (χ0n) is 11.5. The van der Waals surface area contributed by atoms with E-state index in [0.717, 1.165) is 11.1 Å².